The molecule has 3 amide bonds. The molecule has 1 aromatic rings. The van der Waals surface area contributed by atoms with Crippen molar-refractivity contribution in [3.05, 3.63) is 41.5 Å². The number of anilines is 1. The number of likely N-dealkylation sites (tertiary alicyclic amines) is 1. The zero-order valence-electron chi connectivity index (χ0n) is 16.0. The van der Waals surface area contributed by atoms with Gasteiger partial charge in [0.1, 0.15) is 0 Å². The lowest BCUT2D eigenvalue weighted by Crippen LogP contribution is -2.39. The minimum Gasteiger partial charge on any atom is -0.339 e. The van der Waals surface area contributed by atoms with Crippen LogP contribution in [0.15, 0.2) is 35.9 Å². The number of benzene rings is 1. The van der Waals surface area contributed by atoms with E-state index < -0.39 is 0 Å². The molecule has 0 unspecified atom stereocenters. The molecular weight excluding hydrogens is 340 g/mol. The van der Waals surface area contributed by atoms with Crippen molar-refractivity contribution in [2.24, 2.45) is 17.8 Å². The second kappa shape index (κ2) is 6.95. The average molecular weight is 366 g/mol. The van der Waals surface area contributed by atoms with E-state index in [1.54, 1.807) is 24.3 Å². The SMILES string of the molecule is CC1=CC[C@H]2C(=O)N(c3ccccc3C(=O)N3CCC(C)CC3)C(=O)[C@@H]2C1. The van der Waals surface area contributed by atoms with E-state index >= 15 is 0 Å². The molecule has 2 atom stereocenters. The van der Waals surface area contributed by atoms with E-state index in [1.165, 1.54) is 4.90 Å². The van der Waals surface area contributed by atoms with Gasteiger partial charge in [-0.05, 0) is 50.7 Å². The fraction of sp³-hybridized carbons (Fsp3) is 0.500. The number of para-hydroxylation sites is 1. The molecule has 2 heterocycles. The second-order valence-electron chi connectivity index (χ2n) is 8.21. The number of nitrogens with zero attached hydrogens (tertiary/aromatic N) is 2. The highest BCUT2D eigenvalue weighted by molar-refractivity contribution is 6.24. The smallest absolute Gasteiger partial charge is 0.255 e. The van der Waals surface area contributed by atoms with Crippen LogP contribution < -0.4 is 4.90 Å². The summed E-state index contributed by atoms with van der Waals surface area (Å²) in [6.45, 7) is 5.66. The maximum absolute atomic E-state index is 13.1. The van der Waals surface area contributed by atoms with Crippen LogP contribution in [-0.4, -0.2) is 35.7 Å². The van der Waals surface area contributed by atoms with Gasteiger partial charge in [0.2, 0.25) is 11.8 Å². The van der Waals surface area contributed by atoms with Gasteiger partial charge in [-0.25, -0.2) is 4.90 Å². The number of fused-ring (bicyclic) bond motifs is 1. The Balaban J connectivity index is 1.65. The Morgan fingerprint density at radius 1 is 1.04 bits per heavy atom. The van der Waals surface area contributed by atoms with E-state index in [0.29, 0.717) is 30.0 Å². The molecule has 1 aromatic carbocycles. The molecule has 0 bridgehead atoms. The molecule has 0 saturated carbocycles. The number of rotatable bonds is 2. The largest absolute Gasteiger partial charge is 0.339 e. The fourth-order valence-electron chi connectivity index (χ4n) is 4.51. The molecule has 142 valence electrons. The highest BCUT2D eigenvalue weighted by Gasteiger charge is 2.49. The van der Waals surface area contributed by atoms with Crippen LogP contribution in [-0.2, 0) is 9.59 Å². The van der Waals surface area contributed by atoms with Crippen molar-refractivity contribution in [3.63, 3.8) is 0 Å². The van der Waals surface area contributed by atoms with Crippen LogP contribution in [0.3, 0.4) is 0 Å². The molecule has 2 saturated heterocycles. The summed E-state index contributed by atoms with van der Waals surface area (Å²) in [5.74, 6) is -0.361. The van der Waals surface area contributed by atoms with Gasteiger partial charge in [-0.1, -0.05) is 30.7 Å². The first-order chi connectivity index (χ1) is 13.0. The zero-order chi connectivity index (χ0) is 19.1. The molecule has 0 spiro atoms. The molecule has 0 aromatic heterocycles. The molecule has 27 heavy (non-hydrogen) atoms. The number of amides is 3. The van der Waals surface area contributed by atoms with Crippen molar-refractivity contribution in [1.82, 2.24) is 4.90 Å². The van der Waals surface area contributed by atoms with Crippen molar-refractivity contribution < 1.29 is 14.4 Å². The number of hydrogen-bond donors (Lipinski definition) is 0. The second-order valence-corrected chi connectivity index (χ2v) is 8.21. The lowest BCUT2D eigenvalue weighted by atomic mass is 9.82. The van der Waals surface area contributed by atoms with Crippen LogP contribution >= 0.6 is 0 Å². The number of allylic oxidation sites excluding steroid dienone is 2. The van der Waals surface area contributed by atoms with E-state index in [4.69, 9.17) is 0 Å². The predicted octanol–water partition coefficient (Wildman–Crippen LogP) is 3.40. The van der Waals surface area contributed by atoms with Crippen LogP contribution in [0.25, 0.3) is 0 Å². The van der Waals surface area contributed by atoms with Gasteiger partial charge in [-0.3, -0.25) is 14.4 Å². The number of carbonyl (C=O) groups excluding carboxylic acids is 3. The maximum Gasteiger partial charge on any atom is 0.255 e. The molecule has 0 radical (unpaired) electrons. The molecule has 0 N–H and O–H groups in total. The van der Waals surface area contributed by atoms with Gasteiger partial charge in [0.15, 0.2) is 0 Å². The summed E-state index contributed by atoms with van der Waals surface area (Å²) >= 11 is 0. The van der Waals surface area contributed by atoms with Gasteiger partial charge in [-0.15, -0.1) is 0 Å². The lowest BCUT2D eigenvalue weighted by Gasteiger charge is -2.31. The first-order valence-electron chi connectivity index (χ1n) is 9.89. The summed E-state index contributed by atoms with van der Waals surface area (Å²) in [6.07, 6.45) is 5.28. The summed E-state index contributed by atoms with van der Waals surface area (Å²) in [5.41, 5.74) is 2.06. The zero-order valence-corrected chi connectivity index (χ0v) is 16.0. The third-order valence-electron chi connectivity index (χ3n) is 6.27. The van der Waals surface area contributed by atoms with Crippen LogP contribution in [0.5, 0.6) is 0 Å². The van der Waals surface area contributed by atoms with Crippen LogP contribution in [0.4, 0.5) is 5.69 Å². The molecule has 3 aliphatic rings. The molecule has 5 heteroatoms. The quantitative estimate of drug-likeness (QED) is 0.595. The predicted molar refractivity (Wildman–Crippen MR) is 103 cm³/mol. The Bertz CT molecular complexity index is 821. The highest BCUT2D eigenvalue weighted by atomic mass is 16.2. The van der Waals surface area contributed by atoms with E-state index in [0.717, 1.165) is 31.5 Å². The first-order valence-corrected chi connectivity index (χ1v) is 9.89. The Kier molecular flexibility index (Phi) is 4.62. The number of imide groups is 1. The van der Waals surface area contributed by atoms with Crippen molar-refractivity contribution >= 4 is 23.4 Å². The molecule has 2 aliphatic heterocycles. The monoisotopic (exact) mass is 366 g/mol. The van der Waals surface area contributed by atoms with E-state index in [9.17, 15) is 14.4 Å². The maximum atomic E-state index is 13.1. The van der Waals surface area contributed by atoms with Crippen molar-refractivity contribution in [2.75, 3.05) is 18.0 Å². The van der Waals surface area contributed by atoms with Gasteiger partial charge < -0.3 is 4.90 Å². The minimum absolute atomic E-state index is 0.0812. The van der Waals surface area contributed by atoms with Gasteiger partial charge in [0.25, 0.3) is 5.91 Å². The summed E-state index contributed by atoms with van der Waals surface area (Å²) < 4.78 is 0. The van der Waals surface area contributed by atoms with Gasteiger partial charge >= 0.3 is 0 Å². The molecule has 5 nitrogen and oxygen atoms in total. The topological polar surface area (TPSA) is 57.7 Å². The van der Waals surface area contributed by atoms with Crippen LogP contribution in [0.1, 0.15) is 49.9 Å². The van der Waals surface area contributed by atoms with Gasteiger partial charge in [-0.2, -0.15) is 0 Å². The third-order valence-corrected chi connectivity index (χ3v) is 6.27. The van der Waals surface area contributed by atoms with Crippen molar-refractivity contribution in [2.45, 2.75) is 39.5 Å². The summed E-state index contributed by atoms with van der Waals surface area (Å²) in [7, 11) is 0. The van der Waals surface area contributed by atoms with E-state index in [2.05, 4.69) is 13.0 Å². The van der Waals surface area contributed by atoms with Crippen LogP contribution in [0.2, 0.25) is 0 Å². The number of piperidine rings is 1. The van der Waals surface area contributed by atoms with Crippen LogP contribution in [0, 0.1) is 17.8 Å². The normalized spacial score (nSPS) is 26.2. The Morgan fingerprint density at radius 3 is 2.44 bits per heavy atom. The summed E-state index contributed by atoms with van der Waals surface area (Å²) in [4.78, 5) is 42.3. The van der Waals surface area contributed by atoms with Crippen molar-refractivity contribution in [1.29, 1.82) is 0 Å². The number of hydrogen-bond acceptors (Lipinski definition) is 3. The lowest BCUT2D eigenvalue weighted by molar-refractivity contribution is -0.122. The highest BCUT2D eigenvalue weighted by Crippen LogP contribution is 2.40. The van der Waals surface area contributed by atoms with Gasteiger partial charge in [0, 0.05) is 13.1 Å². The van der Waals surface area contributed by atoms with E-state index in [-0.39, 0.29) is 29.6 Å². The molecule has 2 fully saturated rings. The molecule has 1 aliphatic carbocycles. The van der Waals surface area contributed by atoms with Crippen molar-refractivity contribution in [3.8, 4) is 0 Å². The Hall–Kier alpha value is -2.43. The molecular formula is C22H26N2O3. The average Bonchev–Trinajstić information content (AvgIpc) is 2.92. The summed E-state index contributed by atoms with van der Waals surface area (Å²) in [6, 6.07) is 7.05. The standard InChI is InChI=1S/C22H26N2O3/c1-14-9-11-23(12-10-14)20(25)17-5-3-4-6-19(17)24-21(26)16-8-7-15(2)13-18(16)22(24)27/h3-7,14,16,18H,8-13H2,1-2H3/t16-,18-/m1/s1. The van der Waals surface area contributed by atoms with E-state index in [1.807, 2.05) is 11.8 Å². The Morgan fingerprint density at radius 2 is 1.70 bits per heavy atom. The molecule has 4 rings (SSSR count). The summed E-state index contributed by atoms with van der Waals surface area (Å²) in [5, 5.41) is 0. The minimum atomic E-state index is -0.291. The third kappa shape index (κ3) is 3.09. The number of carbonyl (C=O) groups is 3. The van der Waals surface area contributed by atoms with Gasteiger partial charge in [0.05, 0.1) is 23.1 Å². The first kappa shape index (κ1) is 18.0. The Labute approximate surface area is 160 Å². The fourth-order valence-corrected chi connectivity index (χ4v) is 4.51.